The van der Waals surface area contributed by atoms with Crippen LogP contribution >= 0.6 is 0 Å². The highest BCUT2D eigenvalue weighted by Gasteiger charge is 2.08. The van der Waals surface area contributed by atoms with Gasteiger partial charge in [0.2, 0.25) is 0 Å². The summed E-state index contributed by atoms with van der Waals surface area (Å²) in [6, 6.07) is 13.5. The molecule has 0 amide bonds. The Morgan fingerprint density at radius 2 is 2.16 bits per heavy atom. The predicted molar refractivity (Wildman–Crippen MR) is 76.5 cm³/mol. The van der Waals surface area contributed by atoms with E-state index in [1.54, 1.807) is 12.3 Å². The number of pyridine rings is 1. The maximum atomic E-state index is 8.89. The van der Waals surface area contributed by atoms with Crippen LogP contribution in [0.5, 0.6) is 0 Å². The molecule has 0 radical (unpaired) electrons. The highest BCUT2D eigenvalue weighted by molar-refractivity contribution is 5.63. The van der Waals surface area contributed by atoms with Gasteiger partial charge in [0, 0.05) is 18.4 Å². The highest BCUT2D eigenvalue weighted by Crippen LogP contribution is 2.22. The van der Waals surface area contributed by atoms with Gasteiger partial charge in [0.25, 0.3) is 0 Å². The van der Waals surface area contributed by atoms with Gasteiger partial charge in [-0.05, 0) is 37.3 Å². The Morgan fingerprint density at radius 3 is 2.74 bits per heavy atom. The summed E-state index contributed by atoms with van der Waals surface area (Å²) in [5.41, 5.74) is 8.89. The summed E-state index contributed by atoms with van der Waals surface area (Å²) >= 11 is 0. The number of nitriles is 1. The van der Waals surface area contributed by atoms with Crippen molar-refractivity contribution in [1.82, 2.24) is 4.98 Å². The fourth-order valence-electron chi connectivity index (χ4n) is 1.92. The summed E-state index contributed by atoms with van der Waals surface area (Å²) < 4.78 is 0. The van der Waals surface area contributed by atoms with Crippen LogP contribution in [0.15, 0.2) is 42.6 Å². The predicted octanol–water partition coefficient (Wildman–Crippen LogP) is 2.56. The Hall–Kier alpha value is -2.54. The smallest absolute Gasteiger partial charge is 0.101 e. The summed E-state index contributed by atoms with van der Waals surface area (Å²) in [6.07, 6.45) is 1.79. The molecule has 1 aromatic heterocycles. The first-order chi connectivity index (χ1) is 9.24. The number of hydrogen-bond acceptors (Lipinski definition) is 4. The summed E-state index contributed by atoms with van der Waals surface area (Å²) in [5, 5.41) is 8.89. The molecule has 96 valence electrons. The minimum atomic E-state index is 0.512. The van der Waals surface area contributed by atoms with Crippen molar-refractivity contribution in [3.63, 3.8) is 0 Å². The molecule has 0 bridgehead atoms. The molecule has 0 saturated carbocycles. The first-order valence-electron chi connectivity index (χ1n) is 6.19. The third-order valence-electron chi connectivity index (χ3n) is 2.98. The minimum absolute atomic E-state index is 0.512. The van der Waals surface area contributed by atoms with Gasteiger partial charge in [-0.15, -0.1) is 0 Å². The first-order valence-corrected chi connectivity index (χ1v) is 6.19. The highest BCUT2D eigenvalue weighted by atomic mass is 15.1. The van der Waals surface area contributed by atoms with Gasteiger partial charge in [0.05, 0.1) is 23.5 Å². The Labute approximate surface area is 113 Å². The van der Waals surface area contributed by atoms with Crippen molar-refractivity contribution >= 4 is 11.4 Å². The normalized spacial score (nSPS) is 9.89. The molecule has 0 fully saturated rings. The molecule has 0 saturated heterocycles. The van der Waals surface area contributed by atoms with Gasteiger partial charge < -0.3 is 10.6 Å². The molecule has 1 aromatic carbocycles. The molecule has 0 unspecified atom stereocenters. The zero-order valence-electron chi connectivity index (χ0n) is 10.9. The second-order valence-corrected chi connectivity index (χ2v) is 4.22. The van der Waals surface area contributed by atoms with Gasteiger partial charge in [-0.1, -0.05) is 6.07 Å². The maximum Gasteiger partial charge on any atom is 0.101 e. The summed E-state index contributed by atoms with van der Waals surface area (Å²) in [5.74, 6) is 0. The van der Waals surface area contributed by atoms with Crippen molar-refractivity contribution in [1.29, 1.82) is 5.26 Å². The molecule has 0 atom stereocenters. The number of nitrogens with zero attached hydrogens (tertiary/aromatic N) is 3. The number of benzene rings is 1. The molecular weight excluding hydrogens is 236 g/mol. The fourth-order valence-corrected chi connectivity index (χ4v) is 1.92. The van der Waals surface area contributed by atoms with Gasteiger partial charge in [-0.25, -0.2) is 0 Å². The van der Waals surface area contributed by atoms with Gasteiger partial charge in [-0.2, -0.15) is 5.26 Å². The standard InChI is InChI=1S/C15H16N4/c1-2-19(11-13-5-3-4-8-18-13)14-7-6-12(10-16)15(17)9-14/h3-9H,2,11,17H2,1H3. The van der Waals surface area contributed by atoms with E-state index in [4.69, 9.17) is 11.0 Å². The molecule has 2 rings (SSSR count). The quantitative estimate of drug-likeness (QED) is 0.849. The molecule has 0 aliphatic heterocycles. The summed E-state index contributed by atoms with van der Waals surface area (Å²) in [6.45, 7) is 3.65. The summed E-state index contributed by atoms with van der Waals surface area (Å²) in [7, 11) is 0. The van der Waals surface area contributed by atoms with Gasteiger partial charge in [0.15, 0.2) is 0 Å². The molecule has 4 heteroatoms. The lowest BCUT2D eigenvalue weighted by Crippen LogP contribution is -2.22. The van der Waals surface area contributed by atoms with Crippen LogP contribution in [-0.2, 0) is 6.54 Å². The number of nitrogen functional groups attached to an aromatic ring is 1. The fraction of sp³-hybridized carbons (Fsp3) is 0.200. The average Bonchev–Trinajstić information content (AvgIpc) is 2.46. The van der Waals surface area contributed by atoms with Crippen LogP contribution in [0, 0.1) is 11.3 Å². The molecule has 0 aliphatic carbocycles. The molecule has 0 spiro atoms. The van der Waals surface area contributed by atoms with Gasteiger partial charge in [0.1, 0.15) is 6.07 Å². The van der Waals surface area contributed by atoms with E-state index in [-0.39, 0.29) is 0 Å². The molecule has 2 N–H and O–H groups in total. The van der Waals surface area contributed by atoms with Crippen LogP contribution in [0.1, 0.15) is 18.2 Å². The third kappa shape index (κ3) is 3.02. The lowest BCUT2D eigenvalue weighted by molar-refractivity contribution is 0.810. The van der Waals surface area contributed by atoms with Crippen LogP contribution in [0.3, 0.4) is 0 Å². The Balaban J connectivity index is 2.23. The monoisotopic (exact) mass is 252 g/mol. The second kappa shape index (κ2) is 5.87. The van der Waals surface area contributed by atoms with Crippen molar-refractivity contribution < 1.29 is 0 Å². The summed E-state index contributed by atoms with van der Waals surface area (Å²) in [4.78, 5) is 6.49. The Bertz CT molecular complexity index is 587. The van der Waals surface area contributed by atoms with Crippen LogP contribution in [-0.4, -0.2) is 11.5 Å². The molecular formula is C15H16N4. The second-order valence-electron chi connectivity index (χ2n) is 4.22. The Morgan fingerprint density at radius 1 is 1.32 bits per heavy atom. The van der Waals surface area contributed by atoms with Crippen LogP contribution < -0.4 is 10.6 Å². The number of rotatable bonds is 4. The number of aromatic nitrogens is 1. The maximum absolute atomic E-state index is 8.89. The van der Waals surface area contributed by atoms with Crippen LogP contribution in [0.25, 0.3) is 0 Å². The molecule has 0 aliphatic rings. The lowest BCUT2D eigenvalue weighted by Gasteiger charge is -2.23. The number of anilines is 2. The Kier molecular flexibility index (Phi) is 3.99. The van der Waals surface area contributed by atoms with Crippen LogP contribution in [0.2, 0.25) is 0 Å². The van der Waals surface area contributed by atoms with Crippen molar-refractivity contribution in [2.45, 2.75) is 13.5 Å². The topological polar surface area (TPSA) is 65.9 Å². The number of nitrogens with two attached hydrogens (primary N) is 1. The van der Waals surface area contributed by atoms with E-state index in [9.17, 15) is 0 Å². The van der Waals surface area contributed by atoms with Crippen molar-refractivity contribution in [3.05, 3.63) is 53.9 Å². The van der Waals surface area contributed by atoms with E-state index in [1.165, 1.54) is 0 Å². The van der Waals surface area contributed by atoms with Crippen molar-refractivity contribution in [2.75, 3.05) is 17.2 Å². The zero-order chi connectivity index (χ0) is 13.7. The van der Waals surface area contributed by atoms with Crippen molar-refractivity contribution in [3.8, 4) is 6.07 Å². The molecule has 2 aromatic rings. The van der Waals surface area contributed by atoms with E-state index in [2.05, 4.69) is 22.9 Å². The van der Waals surface area contributed by atoms with Crippen molar-refractivity contribution in [2.24, 2.45) is 0 Å². The van der Waals surface area contributed by atoms with E-state index < -0.39 is 0 Å². The lowest BCUT2D eigenvalue weighted by atomic mass is 10.1. The molecule has 4 nitrogen and oxygen atoms in total. The SMILES string of the molecule is CCN(Cc1ccccn1)c1ccc(C#N)c(N)c1. The third-order valence-corrected chi connectivity index (χ3v) is 2.98. The van der Waals surface area contributed by atoms with E-state index in [0.29, 0.717) is 11.3 Å². The van der Waals surface area contributed by atoms with E-state index in [1.807, 2.05) is 30.3 Å². The first kappa shape index (κ1) is 12.9. The van der Waals surface area contributed by atoms with E-state index >= 15 is 0 Å². The van der Waals surface area contributed by atoms with Gasteiger partial charge >= 0.3 is 0 Å². The minimum Gasteiger partial charge on any atom is -0.398 e. The van der Waals surface area contributed by atoms with Gasteiger partial charge in [-0.3, -0.25) is 4.98 Å². The molecule has 19 heavy (non-hydrogen) atoms. The van der Waals surface area contributed by atoms with Crippen LogP contribution in [0.4, 0.5) is 11.4 Å². The largest absolute Gasteiger partial charge is 0.398 e. The number of hydrogen-bond donors (Lipinski definition) is 1. The molecule has 1 heterocycles. The van der Waals surface area contributed by atoms with E-state index in [0.717, 1.165) is 24.5 Å². The zero-order valence-corrected chi connectivity index (χ0v) is 10.9. The average molecular weight is 252 g/mol.